The summed E-state index contributed by atoms with van der Waals surface area (Å²) in [7, 11) is 0. The topological polar surface area (TPSA) is 70.7 Å². The van der Waals surface area contributed by atoms with Crippen LogP contribution in [0, 0.1) is 0 Å². The van der Waals surface area contributed by atoms with Gasteiger partial charge in [0.15, 0.2) is 6.10 Å². The largest absolute Gasteiger partial charge is 0.481 e. The van der Waals surface area contributed by atoms with Crippen LogP contribution in [0.25, 0.3) is 0 Å². The zero-order chi connectivity index (χ0) is 21.5. The van der Waals surface area contributed by atoms with Crippen LogP contribution in [0.2, 0.25) is 0 Å². The zero-order valence-electron chi connectivity index (χ0n) is 18.7. The monoisotopic (exact) mass is 415 g/mol. The molecule has 166 valence electrons. The lowest BCUT2D eigenvalue weighted by atomic mass is 9.95. The van der Waals surface area contributed by atoms with Gasteiger partial charge in [-0.1, -0.05) is 45.2 Å². The van der Waals surface area contributed by atoms with Crippen LogP contribution >= 0.6 is 0 Å². The van der Waals surface area contributed by atoms with Crippen LogP contribution in [0.1, 0.15) is 77.2 Å². The fourth-order valence-electron chi connectivity index (χ4n) is 4.26. The van der Waals surface area contributed by atoms with Gasteiger partial charge in [0, 0.05) is 25.2 Å². The summed E-state index contributed by atoms with van der Waals surface area (Å²) in [6.07, 6.45) is 6.89. The molecule has 0 bridgehead atoms. The van der Waals surface area contributed by atoms with Gasteiger partial charge >= 0.3 is 6.03 Å². The molecular formula is C24H37N3O3. The number of carbonyl (C=O) groups is 2. The highest BCUT2D eigenvalue weighted by atomic mass is 16.5. The molecule has 1 aliphatic heterocycles. The van der Waals surface area contributed by atoms with Crippen LogP contribution in [0.3, 0.4) is 0 Å². The van der Waals surface area contributed by atoms with Crippen molar-refractivity contribution in [2.75, 3.05) is 13.1 Å². The van der Waals surface area contributed by atoms with E-state index in [-0.39, 0.29) is 18.0 Å². The van der Waals surface area contributed by atoms with Gasteiger partial charge in [-0.05, 0) is 56.2 Å². The Hall–Kier alpha value is -2.24. The highest BCUT2D eigenvalue weighted by Crippen LogP contribution is 2.21. The summed E-state index contributed by atoms with van der Waals surface area (Å²) >= 11 is 0. The number of benzene rings is 1. The van der Waals surface area contributed by atoms with Crippen LogP contribution in [0.4, 0.5) is 4.79 Å². The third-order valence-electron chi connectivity index (χ3n) is 6.27. The summed E-state index contributed by atoms with van der Waals surface area (Å²) in [6.45, 7) is 7.41. The Labute approximate surface area is 180 Å². The van der Waals surface area contributed by atoms with Crippen molar-refractivity contribution in [1.82, 2.24) is 15.5 Å². The van der Waals surface area contributed by atoms with Crippen molar-refractivity contribution in [2.24, 2.45) is 0 Å². The fourth-order valence-corrected chi connectivity index (χ4v) is 4.26. The molecule has 1 unspecified atom stereocenters. The molecule has 1 heterocycles. The second kappa shape index (κ2) is 10.7. The molecule has 1 aromatic carbocycles. The predicted molar refractivity (Wildman–Crippen MR) is 119 cm³/mol. The number of ether oxygens (including phenoxy) is 1. The number of amides is 3. The first-order valence-electron chi connectivity index (χ1n) is 11.5. The van der Waals surface area contributed by atoms with E-state index in [1.165, 1.54) is 24.8 Å². The van der Waals surface area contributed by atoms with Crippen molar-refractivity contribution in [1.29, 1.82) is 0 Å². The molecule has 0 spiro atoms. The first-order chi connectivity index (χ1) is 14.4. The number of nitrogens with zero attached hydrogens (tertiary/aromatic N) is 1. The van der Waals surface area contributed by atoms with Crippen LogP contribution in [0.5, 0.6) is 5.75 Å². The molecule has 1 saturated carbocycles. The average molecular weight is 416 g/mol. The van der Waals surface area contributed by atoms with Crippen LogP contribution < -0.4 is 15.4 Å². The van der Waals surface area contributed by atoms with E-state index in [2.05, 4.69) is 30.5 Å². The SMILES string of the molecule is CC(Oc1cccc(C(C)C)c1)C(=O)NC1CCN(C(=O)NC2CCCCC2)CC1. The second-order valence-corrected chi connectivity index (χ2v) is 9.04. The van der Waals surface area contributed by atoms with Crippen molar-refractivity contribution in [3.8, 4) is 5.75 Å². The number of nitrogens with one attached hydrogen (secondary N) is 2. The molecule has 2 N–H and O–H groups in total. The van der Waals surface area contributed by atoms with Crippen molar-refractivity contribution in [3.05, 3.63) is 29.8 Å². The highest BCUT2D eigenvalue weighted by molar-refractivity contribution is 5.81. The minimum Gasteiger partial charge on any atom is -0.481 e. The first-order valence-corrected chi connectivity index (χ1v) is 11.5. The second-order valence-electron chi connectivity index (χ2n) is 9.04. The van der Waals surface area contributed by atoms with Crippen molar-refractivity contribution in [2.45, 2.75) is 89.8 Å². The van der Waals surface area contributed by atoms with Crippen LogP contribution in [-0.4, -0.2) is 48.1 Å². The molecule has 3 rings (SSSR count). The lowest BCUT2D eigenvalue weighted by Gasteiger charge is -2.34. The lowest BCUT2D eigenvalue weighted by molar-refractivity contribution is -0.128. The van der Waals surface area contributed by atoms with E-state index in [4.69, 9.17) is 4.74 Å². The Morgan fingerprint density at radius 3 is 2.30 bits per heavy atom. The molecule has 1 aromatic rings. The van der Waals surface area contributed by atoms with Crippen molar-refractivity contribution >= 4 is 11.9 Å². The van der Waals surface area contributed by atoms with Gasteiger partial charge in [0.1, 0.15) is 5.75 Å². The Morgan fingerprint density at radius 2 is 1.63 bits per heavy atom. The third kappa shape index (κ3) is 6.38. The molecule has 2 aliphatic rings. The maximum atomic E-state index is 12.6. The summed E-state index contributed by atoms with van der Waals surface area (Å²) in [6, 6.07) is 8.38. The predicted octanol–water partition coefficient (Wildman–Crippen LogP) is 4.20. The van der Waals surface area contributed by atoms with E-state index in [9.17, 15) is 9.59 Å². The summed E-state index contributed by atoms with van der Waals surface area (Å²) in [5.74, 6) is 1.03. The quantitative estimate of drug-likeness (QED) is 0.731. The van der Waals surface area contributed by atoms with Gasteiger partial charge in [-0.25, -0.2) is 4.79 Å². The maximum Gasteiger partial charge on any atom is 0.317 e. The van der Waals surface area contributed by atoms with Crippen LogP contribution in [-0.2, 0) is 4.79 Å². The number of hydrogen-bond donors (Lipinski definition) is 2. The number of carbonyl (C=O) groups excluding carboxylic acids is 2. The van der Waals surface area contributed by atoms with Gasteiger partial charge in [-0.2, -0.15) is 0 Å². The first kappa shape index (κ1) is 22.4. The summed E-state index contributed by atoms with van der Waals surface area (Å²) in [4.78, 5) is 27.0. The smallest absolute Gasteiger partial charge is 0.317 e. The molecule has 2 fully saturated rings. The molecule has 30 heavy (non-hydrogen) atoms. The zero-order valence-corrected chi connectivity index (χ0v) is 18.7. The van der Waals surface area contributed by atoms with Gasteiger partial charge < -0.3 is 20.3 Å². The van der Waals surface area contributed by atoms with Gasteiger partial charge in [-0.3, -0.25) is 4.79 Å². The molecule has 1 saturated heterocycles. The molecule has 0 aromatic heterocycles. The Bertz CT molecular complexity index is 707. The molecule has 3 amide bonds. The number of urea groups is 1. The van der Waals surface area contributed by atoms with Crippen molar-refractivity contribution < 1.29 is 14.3 Å². The summed E-state index contributed by atoms with van der Waals surface area (Å²) < 4.78 is 5.87. The van der Waals surface area contributed by atoms with Crippen LogP contribution in [0.15, 0.2) is 24.3 Å². The normalized spacial score (nSPS) is 19.4. The van der Waals surface area contributed by atoms with Gasteiger partial charge in [0.25, 0.3) is 5.91 Å². The highest BCUT2D eigenvalue weighted by Gasteiger charge is 2.27. The fraction of sp³-hybridized carbons (Fsp3) is 0.667. The minimum atomic E-state index is -0.556. The van der Waals surface area contributed by atoms with E-state index in [1.54, 1.807) is 6.92 Å². The van der Waals surface area contributed by atoms with Crippen molar-refractivity contribution in [3.63, 3.8) is 0 Å². The van der Waals surface area contributed by atoms with E-state index in [0.29, 0.717) is 25.0 Å². The van der Waals surface area contributed by atoms with E-state index >= 15 is 0 Å². The lowest BCUT2D eigenvalue weighted by Crippen LogP contribution is -2.52. The number of likely N-dealkylation sites (tertiary alicyclic amines) is 1. The molecular weight excluding hydrogens is 378 g/mol. The van der Waals surface area contributed by atoms with E-state index in [0.717, 1.165) is 31.4 Å². The maximum absolute atomic E-state index is 12.6. The van der Waals surface area contributed by atoms with E-state index < -0.39 is 6.10 Å². The standard InChI is InChI=1S/C24H37N3O3/c1-17(2)19-8-7-11-22(16-19)30-18(3)23(28)25-21-12-14-27(15-13-21)24(29)26-20-9-5-4-6-10-20/h7-8,11,16-18,20-21H,4-6,9-10,12-15H2,1-3H3,(H,25,28)(H,26,29). The van der Waals surface area contributed by atoms with E-state index in [1.807, 2.05) is 23.1 Å². The number of piperidine rings is 1. The van der Waals surface area contributed by atoms with Gasteiger partial charge in [-0.15, -0.1) is 0 Å². The molecule has 6 heteroatoms. The minimum absolute atomic E-state index is 0.0495. The third-order valence-corrected chi connectivity index (χ3v) is 6.27. The molecule has 1 atom stereocenters. The molecule has 6 nitrogen and oxygen atoms in total. The number of hydrogen-bond acceptors (Lipinski definition) is 3. The molecule has 0 radical (unpaired) electrons. The Balaban J connectivity index is 1.41. The Kier molecular flexibility index (Phi) is 8.00. The Morgan fingerprint density at radius 1 is 0.967 bits per heavy atom. The molecule has 1 aliphatic carbocycles. The summed E-state index contributed by atoms with van der Waals surface area (Å²) in [5.41, 5.74) is 1.19. The number of rotatable bonds is 6. The average Bonchev–Trinajstić information content (AvgIpc) is 2.75. The van der Waals surface area contributed by atoms with Gasteiger partial charge in [0.2, 0.25) is 0 Å². The van der Waals surface area contributed by atoms with Gasteiger partial charge in [0.05, 0.1) is 0 Å². The summed E-state index contributed by atoms with van der Waals surface area (Å²) in [5, 5.41) is 6.28.